The number of thiophene rings is 1. The van der Waals surface area contributed by atoms with Gasteiger partial charge in [-0.15, -0.1) is 11.3 Å². The van der Waals surface area contributed by atoms with Crippen molar-refractivity contribution in [2.24, 2.45) is 0 Å². The van der Waals surface area contributed by atoms with E-state index in [-0.39, 0.29) is 5.28 Å². The number of hydrogen-bond acceptors (Lipinski definition) is 4. The molecule has 0 aliphatic carbocycles. The van der Waals surface area contributed by atoms with Crippen LogP contribution in [0.25, 0.3) is 10.2 Å². The highest BCUT2D eigenvalue weighted by Crippen LogP contribution is 2.34. The molecule has 108 valence electrons. The Hall–Kier alpha value is -1.24. The van der Waals surface area contributed by atoms with Crippen LogP contribution in [0.15, 0.2) is 28.7 Å². The molecule has 7 heteroatoms. The molecule has 1 aromatic carbocycles. The van der Waals surface area contributed by atoms with Gasteiger partial charge in [0.1, 0.15) is 16.4 Å². The molecular weight excluding hydrogens is 379 g/mol. The molecular formula is C14H9BrClFN2OS. The number of fused-ring (bicyclic) bond motifs is 1. The fourth-order valence-corrected chi connectivity index (χ4v) is 3.24. The Balaban J connectivity index is 2.06. The van der Waals surface area contributed by atoms with Gasteiger partial charge in [-0.1, -0.05) is 6.92 Å². The van der Waals surface area contributed by atoms with Crippen LogP contribution in [0.5, 0.6) is 11.6 Å². The van der Waals surface area contributed by atoms with Crippen LogP contribution in [0.3, 0.4) is 0 Å². The molecule has 0 N–H and O–H groups in total. The van der Waals surface area contributed by atoms with Crippen molar-refractivity contribution in [3.05, 3.63) is 44.7 Å². The van der Waals surface area contributed by atoms with E-state index in [2.05, 4.69) is 32.8 Å². The summed E-state index contributed by atoms with van der Waals surface area (Å²) in [6, 6.07) is 6.50. The first-order chi connectivity index (χ1) is 10.1. The number of nitrogens with zero attached hydrogens (tertiary/aromatic N) is 2. The Morgan fingerprint density at radius 3 is 2.86 bits per heavy atom. The van der Waals surface area contributed by atoms with Gasteiger partial charge >= 0.3 is 0 Å². The van der Waals surface area contributed by atoms with Crippen molar-refractivity contribution in [2.75, 3.05) is 0 Å². The van der Waals surface area contributed by atoms with E-state index in [9.17, 15) is 4.39 Å². The summed E-state index contributed by atoms with van der Waals surface area (Å²) in [7, 11) is 0. The molecule has 2 aromatic heterocycles. The van der Waals surface area contributed by atoms with E-state index in [4.69, 9.17) is 16.3 Å². The average molecular weight is 388 g/mol. The first-order valence-electron chi connectivity index (χ1n) is 6.15. The van der Waals surface area contributed by atoms with Gasteiger partial charge in [0, 0.05) is 10.9 Å². The Kier molecular flexibility index (Phi) is 4.10. The Morgan fingerprint density at radius 1 is 1.33 bits per heavy atom. The van der Waals surface area contributed by atoms with E-state index in [1.54, 1.807) is 23.5 Å². The molecule has 0 spiro atoms. The number of ether oxygens (including phenoxy) is 1. The highest BCUT2D eigenvalue weighted by Gasteiger charge is 2.13. The first kappa shape index (κ1) is 14.7. The summed E-state index contributed by atoms with van der Waals surface area (Å²) in [5, 5.41) is 0.893. The van der Waals surface area contributed by atoms with Crippen molar-refractivity contribution >= 4 is 49.1 Å². The van der Waals surface area contributed by atoms with Gasteiger partial charge in [0.05, 0.1) is 9.86 Å². The molecule has 0 aliphatic heterocycles. The van der Waals surface area contributed by atoms with Crippen LogP contribution < -0.4 is 4.74 Å². The van der Waals surface area contributed by atoms with Crippen molar-refractivity contribution in [1.29, 1.82) is 0 Å². The molecule has 3 rings (SSSR count). The predicted octanol–water partition coefficient (Wildman–Crippen LogP) is 5.60. The van der Waals surface area contributed by atoms with Crippen LogP contribution in [0.2, 0.25) is 5.28 Å². The summed E-state index contributed by atoms with van der Waals surface area (Å²) in [6.07, 6.45) is 0.894. The number of aryl methyl sites for hydroxylation is 1. The van der Waals surface area contributed by atoms with Gasteiger partial charge < -0.3 is 4.74 Å². The van der Waals surface area contributed by atoms with Gasteiger partial charge in [-0.05, 0) is 52.2 Å². The zero-order valence-corrected chi connectivity index (χ0v) is 14.0. The van der Waals surface area contributed by atoms with E-state index in [0.717, 1.165) is 21.5 Å². The maximum absolute atomic E-state index is 13.6. The summed E-state index contributed by atoms with van der Waals surface area (Å²) in [6.45, 7) is 2.06. The molecule has 3 aromatic rings. The van der Waals surface area contributed by atoms with Crippen molar-refractivity contribution in [3.8, 4) is 11.6 Å². The van der Waals surface area contributed by atoms with E-state index in [1.165, 1.54) is 6.07 Å². The van der Waals surface area contributed by atoms with E-state index in [0.29, 0.717) is 16.1 Å². The average Bonchev–Trinajstić information content (AvgIpc) is 2.86. The third-order valence-corrected chi connectivity index (χ3v) is 4.82. The van der Waals surface area contributed by atoms with Crippen molar-refractivity contribution in [1.82, 2.24) is 9.97 Å². The Bertz CT molecular complexity index is 824. The van der Waals surface area contributed by atoms with Gasteiger partial charge in [0.2, 0.25) is 11.2 Å². The van der Waals surface area contributed by atoms with Crippen LogP contribution in [-0.2, 0) is 6.42 Å². The van der Waals surface area contributed by atoms with Crippen molar-refractivity contribution in [2.45, 2.75) is 13.3 Å². The second-order valence-electron chi connectivity index (χ2n) is 4.26. The van der Waals surface area contributed by atoms with Crippen LogP contribution in [0.4, 0.5) is 4.39 Å². The normalized spacial score (nSPS) is 11.0. The smallest absolute Gasteiger partial charge is 0.232 e. The van der Waals surface area contributed by atoms with E-state index < -0.39 is 5.82 Å². The number of benzene rings is 1. The second-order valence-corrected chi connectivity index (χ2v) is 6.57. The number of rotatable bonds is 3. The van der Waals surface area contributed by atoms with Gasteiger partial charge in [0.15, 0.2) is 0 Å². The van der Waals surface area contributed by atoms with Gasteiger partial charge in [-0.2, -0.15) is 4.98 Å². The lowest BCUT2D eigenvalue weighted by Gasteiger charge is -2.06. The fraction of sp³-hybridized carbons (Fsp3) is 0.143. The first-order valence-corrected chi connectivity index (χ1v) is 8.14. The summed E-state index contributed by atoms with van der Waals surface area (Å²) < 4.78 is 19.6. The molecule has 0 aliphatic rings. The molecule has 21 heavy (non-hydrogen) atoms. The standard InChI is InChI=1S/C14H9BrClFN2OS/c1-2-8-6-9-12(18-14(16)19-13(9)21-8)20-7-3-4-10(15)11(17)5-7/h3-6H,2H2,1H3. The maximum atomic E-state index is 13.6. The molecule has 0 unspecified atom stereocenters. The number of halogens is 3. The fourth-order valence-electron chi connectivity index (χ4n) is 1.82. The minimum Gasteiger partial charge on any atom is -0.438 e. The second kappa shape index (κ2) is 5.87. The summed E-state index contributed by atoms with van der Waals surface area (Å²) >= 11 is 10.6. The number of aromatic nitrogens is 2. The molecule has 0 fully saturated rings. The molecule has 0 bridgehead atoms. The third kappa shape index (κ3) is 3.02. The van der Waals surface area contributed by atoms with Crippen molar-refractivity contribution in [3.63, 3.8) is 0 Å². The summed E-state index contributed by atoms with van der Waals surface area (Å²) in [5.74, 6) is 0.294. The third-order valence-electron chi connectivity index (χ3n) is 2.84. The van der Waals surface area contributed by atoms with Crippen LogP contribution in [0, 0.1) is 5.82 Å². The molecule has 3 nitrogen and oxygen atoms in total. The lowest BCUT2D eigenvalue weighted by atomic mass is 10.3. The van der Waals surface area contributed by atoms with Crippen molar-refractivity contribution < 1.29 is 9.13 Å². The highest BCUT2D eigenvalue weighted by atomic mass is 79.9. The maximum Gasteiger partial charge on any atom is 0.232 e. The number of hydrogen-bond donors (Lipinski definition) is 0. The zero-order chi connectivity index (χ0) is 15.0. The Morgan fingerprint density at radius 2 is 2.14 bits per heavy atom. The lowest BCUT2D eigenvalue weighted by molar-refractivity contribution is 0.463. The van der Waals surface area contributed by atoms with Crippen LogP contribution in [0.1, 0.15) is 11.8 Å². The SMILES string of the molecule is CCc1cc2c(Oc3ccc(Br)c(F)c3)nc(Cl)nc2s1. The Labute approximate surface area is 137 Å². The van der Waals surface area contributed by atoms with Gasteiger partial charge in [-0.3, -0.25) is 0 Å². The molecule has 2 heterocycles. The van der Waals surface area contributed by atoms with Gasteiger partial charge in [-0.25, -0.2) is 9.37 Å². The topological polar surface area (TPSA) is 35.0 Å². The van der Waals surface area contributed by atoms with Crippen LogP contribution in [-0.4, -0.2) is 9.97 Å². The minimum atomic E-state index is -0.400. The molecule has 0 saturated heterocycles. The molecule has 0 amide bonds. The summed E-state index contributed by atoms with van der Waals surface area (Å²) in [5.41, 5.74) is 0. The minimum absolute atomic E-state index is 0.111. The lowest BCUT2D eigenvalue weighted by Crippen LogP contribution is -1.92. The monoisotopic (exact) mass is 386 g/mol. The largest absolute Gasteiger partial charge is 0.438 e. The van der Waals surface area contributed by atoms with Crippen LogP contribution >= 0.6 is 38.9 Å². The summed E-state index contributed by atoms with van der Waals surface area (Å²) in [4.78, 5) is 10.2. The molecule has 0 atom stereocenters. The van der Waals surface area contributed by atoms with Gasteiger partial charge in [0.25, 0.3) is 0 Å². The van der Waals surface area contributed by atoms with E-state index >= 15 is 0 Å². The molecule has 0 radical (unpaired) electrons. The zero-order valence-electron chi connectivity index (χ0n) is 10.9. The molecule has 0 saturated carbocycles. The highest BCUT2D eigenvalue weighted by molar-refractivity contribution is 9.10. The van der Waals surface area contributed by atoms with E-state index in [1.807, 2.05) is 6.07 Å². The predicted molar refractivity (Wildman–Crippen MR) is 86.0 cm³/mol. The quantitative estimate of drug-likeness (QED) is 0.549.